The van der Waals surface area contributed by atoms with Crippen molar-refractivity contribution in [1.29, 1.82) is 5.26 Å². The summed E-state index contributed by atoms with van der Waals surface area (Å²) < 4.78 is 0. The van der Waals surface area contributed by atoms with E-state index in [1.807, 2.05) is 6.07 Å². The van der Waals surface area contributed by atoms with Crippen molar-refractivity contribution in [3.8, 4) is 6.07 Å². The molecule has 3 nitrogen and oxygen atoms in total. The topological polar surface area (TPSA) is 66.9 Å². The van der Waals surface area contributed by atoms with Gasteiger partial charge in [0.1, 0.15) is 0 Å². The first-order chi connectivity index (χ1) is 4.25. The van der Waals surface area contributed by atoms with Gasteiger partial charge in [0.05, 0.1) is 17.9 Å². The largest absolute Gasteiger partial charge is 0.369 e. The highest BCUT2D eigenvalue weighted by molar-refractivity contribution is 5.78. The van der Waals surface area contributed by atoms with E-state index in [1.165, 1.54) is 0 Å². The average Bonchev–Trinajstić information content (AvgIpc) is 1.61. The van der Waals surface area contributed by atoms with E-state index in [0.717, 1.165) is 12.8 Å². The number of amides is 1. The summed E-state index contributed by atoms with van der Waals surface area (Å²) in [7, 11) is 0. The van der Waals surface area contributed by atoms with Gasteiger partial charge in [0, 0.05) is 0 Å². The molecule has 0 radical (unpaired) electrons. The normalized spacial score (nSPS) is 32.3. The second-order valence-corrected chi connectivity index (χ2v) is 2.32. The zero-order valence-electron chi connectivity index (χ0n) is 5.00. The summed E-state index contributed by atoms with van der Waals surface area (Å²) in [5.41, 5.74) is 4.97. The van der Waals surface area contributed by atoms with Gasteiger partial charge in [0.15, 0.2) is 0 Å². The third-order valence-corrected chi connectivity index (χ3v) is 1.81. The molecule has 2 N–H and O–H groups in total. The van der Waals surface area contributed by atoms with Crippen molar-refractivity contribution in [3.05, 3.63) is 0 Å². The summed E-state index contributed by atoms with van der Waals surface area (Å²) in [5.74, 6) is -0.578. The molecular weight excluding hydrogens is 116 g/mol. The number of rotatable bonds is 1. The van der Waals surface area contributed by atoms with E-state index < -0.39 is 0 Å². The minimum atomic E-state index is -0.326. The van der Waals surface area contributed by atoms with Gasteiger partial charge in [-0.05, 0) is 12.8 Å². The Hall–Kier alpha value is -1.04. The van der Waals surface area contributed by atoms with E-state index in [2.05, 4.69) is 0 Å². The molecule has 0 unspecified atom stereocenters. The Labute approximate surface area is 53.5 Å². The van der Waals surface area contributed by atoms with E-state index in [9.17, 15) is 4.79 Å². The standard InChI is InChI=1S/C6H8N2O/c7-3-4-1-2-5(4)6(8)9/h4-5H,1-2H2,(H2,8,9)/t4-,5-/m0/s1. The highest BCUT2D eigenvalue weighted by Crippen LogP contribution is 2.32. The molecule has 0 spiro atoms. The molecule has 48 valence electrons. The van der Waals surface area contributed by atoms with Crippen LogP contribution in [-0.4, -0.2) is 5.91 Å². The van der Waals surface area contributed by atoms with Crippen LogP contribution in [0.2, 0.25) is 0 Å². The van der Waals surface area contributed by atoms with E-state index in [0.29, 0.717) is 0 Å². The summed E-state index contributed by atoms with van der Waals surface area (Å²) in [5, 5.41) is 8.35. The monoisotopic (exact) mass is 124 g/mol. The molecule has 0 aromatic carbocycles. The van der Waals surface area contributed by atoms with E-state index >= 15 is 0 Å². The van der Waals surface area contributed by atoms with Crippen molar-refractivity contribution < 1.29 is 4.79 Å². The predicted octanol–water partition coefficient (Wildman–Crippen LogP) is 0.0215. The molecule has 0 heterocycles. The van der Waals surface area contributed by atoms with Crippen LogP contribution in [0.5, 0.6) is 0 Å². The number of primary amides is 1. The van der Waals surface area contributed by atoms with Crippen LogP contribution in [0, 0.1) is 23.2 Å². The summed E-state index contributed by atoms with van der Waals surface area (Å²) >= 11 is 0. The van der Waals surface area contributed by atoms with Crippen LogP contribution in [0.25, 0.3) is 0 Å². The first-order valence-electron chi connectivity index (χ1n) is 2.94. The molecule has 0 saturated heterocycles. The average molecular weight is 124 g/mol. The van der Waals surface area contributed by atoms with Gasteiger partial charge < -0.3 is 5.73 Å². The van der Waals surface area contributed by atoms with Gasteiger partial charge >= 0.3 is 0 Å². The third-order valence-electron chi connectivity index (χ3n) is 1.81. The van der Waals surface area contributed by atoms with Crippen LogP contribution in [0.1, 0.15) is 12.8 Å². The first kappa shape index (κ1) is 6.09. The van der Waals surface area contributed by atoms with Gasteiger partial charge in [0.2, 0.25) is 5.91 Å². The van der Waals surface area contributed by atoms with E-state index in [-0.39, 0.29) is 17.7 Å². The molecule has 1 aliphatic carbocycles. The van der Waals surface area contributed by atoms with Crippen molar-refractivity contribution in [2.45, 2.75) is 12.8 Å². The third kappa shape index (κ3) is 0.879. The molecule has 0 aliphatic heterocycles. The van der Waals surface area contributed by atoms with Crippen molar-refractivity contribution in [1.82, 2.24) is 0 Å². The zero-order chi connectivity index (χ0) is 6.85. The zero-order valence-corrected chi connectivity index (χ0v) is 5.00. The Morgan fingerprint density at radius 3 is 2.44 bits per heavy atom. The number of nitrogens with zero attached hydrogens (tertiary/aromatic N) is 1. The van der Waals surface area contributed by atoms with Crippen LogP contribution in [0.3, 0.4) is 0 Å². The highest BCUT2D eigenvalue weighted by Gasteiger charge is 2.34. The molecule has 3 heteroatoms. The van der Waals surface area contributed by atoms with E-state index in [4.69, 9.17) is 11.0 Å². The number of carbonyl (C=O) groups is 1. The fraction of sp³-hybridized carbons (Fsp3) is 0.667. The number of nitrogens with two attached hydrogens (primary N) is 1. The molecule has 0 aromatic heterocycles. The van der Waals surface area contributed by atoms with Crippen LogP contribution in [0.15, 0.2) is 0 Å². The van der Waals surface area contributed by atoms with Crippen LogP contribution >= 0.6 is 0 Å². The minimum absolute atomic E-state index is 0.0949. The lowest BCUT2D eigenvalue weighted by molar-refractivity contribution is -0.125. The fourth-order valence-corrected chi connectivity index (χ4v) is 0.995. The minimum Gasteiger partial charge on any atom is -0.369 e. The van der Waals surface area contributed by atoms with Crippen molar-refractivity contribution in [2.24, 2.45) is 17.6 Å². The van der Waals surface area contributed by atoms with Gasteiger partial charge in [-0.25, -0.2) is 0 Å². The lowest BCUT2D eigenvalue weighted by atomic mass is 9.74. The van der Waals surface area contributed by atoms with Gasteiger partial charge in [-0.1, -0.05) is 0 Å². The molecule has 1 saturated carbocycles. The Morgan fingerprint density at radius 2 is 2.33 bits per heavy atom. The molecule has 9 heavy (non-hydrogen) atoms. The number of carbonyl (C=O) groups excluding carboxylic acids is 1. The first-order valence-corrected chi connectivity index (χ1v) is 2.94. The molecule has 2 atom stereocenters. The quantitative estimate of drug-likeness (QED) is 0.535. The number of hydrogen-bond donors (Lipinski definition) is 1. The van der Waals surface area contributed by atoms with Crippen molar-refractivity contribution in [2.75, 3.05) is 0 Å². The smallest absolute Gasteiger partial charge is 0.221 e. The molecule has 1 fully saturated rings. The Balaban J connectivity index is 2.47. The summed E-state index contributed by atoms with van der Waals surface area (Å²) in [6, 6.07) is 2.03. The van der Waals surface area contributed by atoms with Crippen molar-refractivity contribution in [3.63, 3.8) is 0 Å². The van der Waals surface area contributed by atoms with Gasteiger partial charge in [0.25, 0.3) is 0 Å². The Morgan fingerprint density at radius 1 is 1.67 bits per heavy atom. The van der Waals surface area contributed by atoms with Gasteiger partial charge in [-0.2, -0.15) is 5.26 Å². The lowest BCUT2D eigenvalue weighted by Crippen LogP contribution is -2.36. The second kappa shape index (κ2) is 2.06. The number of nitriles is 1. The summed E-state index contributed by atoms with van der Waals surface area (Å²) in [6.45, 7) is 0. The second-order valence-electron chi connectivity index (χ2n) is 2.32. The van der Waals surface area contributed by atoms with Crippen LogP contribution < -0.4 is 5.73 Å². The molecule has 1 amide bonds. The lowest BCUT2D eigenvalue weighted by Gasteiger charge is -2.27. The molecule has 1 rings (SSSR count). The maximum absolute atomic E-state index is 10.4. The van der Waals surface area contributed by atoms with E-state index in [1.54, 1.807) is 0 Å². The fourth-order valence-electron chi connectivity index (χ4n) is 0.995. The Kier molecular flexibility index (Phi) is 1.39. The van der Waals surface area contributed by atoms with Crippen molar-refractivity contribution >= 4 is 5.91 Å². The molecule has 0 bridgehead atoms. The predicted molar refractivity (Wildman–Crippen MR) is 31.0 cm³/mol. The van der Waals surface area contributed by atoms with Gasteiger partial charge in [-0.15, -0.1) is 0 Å². The van der Waals surface area contributed by atoms with Gasteiger partial charge in [-0.3, -0.25) is 4.79 Å². The van der Waals surface area contributed by atoms with Crippen LogP contribution in [0.4, 0.5) is 0 Å². The molecule has 1 aliphatic rings. The SMILES string of the molecule is N#C[C@@H]1CC[C@@H]1C(N)=O. The van der Waals surface area contributed by atoms with Crippen LogP contribution in [-0.2, 0) is 4.79 Å². The maximum atomic E-state index is 10.4. The maximum Gasteiger partial charge on any atom is 0.221 e. The number of hydrogen-bond acceptors (Lipinski definition) is 2. The Bertz CT molecular complexity index is 170. The summed E-state index contributed by atoms with van der Waals surface area (Å²) in [6.07, 6.45) is 1.64. The summed E-state index contributed by atoms with van der Waals surface area (Å²) in [4.78, 5) is 10.4. The molecule has 0 aromatic rings. The molecular formula is C6H8N2O. The highest BCUT2D eigenvalue weighted by atomic mass is 16.1.